The van der Waals surface area contributed by atoms with Crippen LogP contribution in [0.1, 0.15) is 80.1 Å². The number of hydrogen-bond acceptors (Lipinski definition) is 0. The predicted octanol–water partition coefficient (Wildman–Crippen LogP) is 7.13. The van der Waals surface area contributed by atoms with Gasteiger partial charge in [-0.25, -0.2) is 0 Å². The second-order valence-electron chi connectivity index (χ2n) is 12.3. The van der Waals surface area contributed by atoms with Gasteiger partial charge in [0, 0.05) is 0 Å². The summed E-state index contributed by atoms with van der Waals surface area (Å²) in [7, 11) is -1.22. The molecule has 6 atom stereocenters. The Kier molecular flexibility index (Phi) is 3.12. The van der Waals surface area contributed by atoms with Crippen molar-refractivity contribution in [1.82, 2.24) is 0 Å². The van der Waals surface area contributed by atoms with Gasteiger partial charge >= 0.3 is 0 Å². The van der Waals surface area contributed by atoms with Gasteiger partial charge in [-0.3, -0.25) is 0 Å². The minimum absolute atomic E-state index is 0.596. The highest BCUT2D eigenvalue weighted by molar-refractivity contribution is 6.80. The third-order valence-electron chi connectivity index (χ3n) is 11.2. The molecule has 0 aromatic carbocycles. The number of rotatable bonds is 2. The Labute approximate surface area is 146 Å². The van der Waals surface area contributed by atoms with Crippen LogP contribution in [-0.4, -0.2) is 8.07 Å². The summed E-state index contributed by atoms with van der Waals surface area (Å²) in [5.74, 6) is 2.06. The van der Waals surface area contributed by atoms with E-state index in [1.165, 1.54) is 25.7 Å². The van der Waals surface area contributed by atoms with E-state index in [0.29, 0.717) is 21.7 Å². The number of fused-ring (bicyclic) bond motifs is 4. The molecule has 0 aromatic rings. The van der Waals surface area contributed by atoms with Crippen LogP contribution in [0.4, 0.5) is 0 Å². The summed E-state index contributed by atoms with van der Waals surface area (Å²) in [6, 6.07) is 0. The molecular weight excluding hydrogens is 292 g/mol. The van der Waals surface area contributed by atoms with Crippen molar-refractivity contribution in [2.45, 2.75) is 104 Å². The first-order valence-corrected chi connectivity index (χ1v) is 13.5. The van der Waals surface area contributed by atoms with Crippen molar-refractivity contribution in [3.8, 4) is 0 Å². The lowest BCUT2D eigenvalue weighted by Crippen LogP contribution is -2.44. The van der Waals surface area contributed by atoms with E-state index in [1.54, 1.807) is 12.8 Å². The summed E-state index contributed by atoms with van der Waals surface area (Å²) in [5, 5.41) is 0. The van der Waals surface area contributed by atoms with Gasteiger partial charge in [0.1, 0.15) is 0 Å². The highest BCUT2D eigenvalue weighted by Gasteiger charge is 2.69. The van der Waals surface area contributed by atoms with Crippen molar-refractivity contribution in [3.63, 3.8) is 0 Å². The van der Waals surface area contributed by atoms with Crippen molar-refractivity contribution in [1.29, 1.82) is 0 Å². The average molecular weight is 333 g/mol. The zero-order valence-corrected chi connectivity index (χ0v) is 18.1. The van der Waals surface area contributed by atoms with Crippen LogP contribution in [0.25, 0.3) is 0 Å². The summed E-state index contributed by atoms with van der Waals surface area (Å²) < 4.78 is 0. The first-order chi connectivity index (χ1) is 10.4. The van der Waals surface area contributed by atoms with E-state index in [4.69, 9.17) is 0 Å². The van der Waals surface area contributed by atoms with Crippen molar-refractivity contribution >= 4 is 8.07 Å². The molecule has 4 bridgehead atoms. The summed E-state index contributed by atoms with van der Waals surface area (Å²) in [6.45, 7) is 21.3. The Morgan fingerprint density at radius 3 is 1.22 bits per heavy atom. The average Bonchev–Trinajstić information content (AvgIpc) is 2.96. The van der Waals surface area contributed by atoms with Gasteiger partial charge in [0.05, 0.1) is 8.07 Å². The molecule has 0 nitrogen and oxygen atoms in total. The fourth-order valence-electron chi connectivity index (χ4n) is 8.44. The van der Waals surface area contributed by atoms with Crippen LogP contribution in [0.15, 0.2) is 0 Å². The molecule has 4 fully saturated rings. The third kappa shape index (κ3) is 1.74. The summed E-state index contributed by atoms with van der Waals surface area (Å²) in [4.78, 5) is 0. The quantitative estimate of drug-likeness (QED) is 0.472. The molecule has 0 aromatic heterocycles. The fraction of sp³-hybridized carbons (Fsp3) is 1.00. The summed E-state index contributed by atoms with van der Waals surface area (Å²) in [6.07, 6.45) is 9.19. The van der Waals surface area contributed by atoms with Gasteiger partial charge in [-0.15, -0.1) is 0 Å². The van der Waals surface area contributed by atoms with Gasteiger partial charge in [-0.2, -0.15) is 0 Å². The van der Waals surface area contributed by atoms with Crippen LogP contribution < -0.4 is 0 Å². The van der Waals surface area contributed by atoms with Gasteiger partial charge in [-0.1, -0.05) is 54.6 Å². The Balaban J connectivity index is 1.66. The van der Waals surface area contributed by atoms with E-state index in [1.807, 2.05) is 0 Å². The van der Waals surface area contributed by atoms with E-state index >= 15 is 0 Å². The second-order valence-corrected chi connectivity index (χ2v) is 17.4. The molecule has 0 radical (unpaired) electrons. The molecule has 0 saturated heterocycles. The van der Waals surface area contributed by atoms with Crippen LogP contribution in [0.3, 0.4) is 0 Å². The first kappa shape index (κ1) is 16.7. The van der Waals surface area contributed by atoms with E-state index < -0.39 is 8.07 Å². The molecule has 0 aliphatic heterocycles. The Bertz CT molecular complexity index is 479. The monoisotopic (exact) mass is 332 g/mol. The molecule has 1 heteroatoms. The normalized spacial score (nSPS) is 53.2. The summed E-state index contributed by atoms with van der Waals surface area (Å²) >= 11 is 0. The minimum Gasteiger partial charge on any atom is -0.0689 e. The van der Waals surface area contributed by atoms with Gasteiger partial charge < -0.3 is 0 Å². The molecule has 0 N–H and O–H groups in total. The van der Waals surface area contributed by atoms with Crippen LogP contribution in [-0.2, 0) is 0 Å². The maximum absolute atomic E-state index is 2.81. The maximum Gasteiger partial charge on any atom is 0.0542 e. The maximum atomic E-state index is 2.81. The molecule has 4 aliphatic rings. The minimum atomic E-state index is -1.22. The molecule has 0 spiro atoms. The zero-order chi connectivity index (χ0) is 17.1. The first-order valence-electron chi connectivity index (χ1n) is 10.4. The van der Waals surface area contributed by atoms with Gasteiger partial charge in [0.2, 0.25) is 0 Å². The Morgan fingerprint density at radius 1 is 0.652 bits per heavy atom. The second kappa shape index (κ2) is 4.30. The largest absolute Gasteiger partial charge is 0.0689 e. The topological polar surface area (TPSA) is 0 Å². The zero-order valence-electron chi connectivity index (χ0n) is 17.1. The SMILES string of the molecule is CC12CCC(C([Si](C)(C)C3CC4(C)CCC3C4(C)C)C1)C2(C)C. The smallest absolute Gasteiger partial charge is 0.0542 e. The summed E-state index contributed by atoms with van der Waals surface area (Å²) in [5.41, 5.74) is 4.67. The van der Waals surface area contributed by atoms with Crippen molar-refractivity contribution in [2.75, 3.05) is 0 Å². The number of hydrogen-bond donors (Lipinski definition) is 0. The van der Waals surface area contributed by atoms with E-state index in [9.17, 15) is 0 Å². The van der Waals surface area contributed by atoms with Gasteiger partial charge in [0.25, 0.3) is 0 Å². The van der Waals surface area contributed by atoms with Crippen LogP contribution >= 0.6 is 0 Å². The molecular formula is C22H40Si. The van der Waals surface area contributed by atoms with Crippen LogP contribution in [0.5, 0.6) is 0 Å². The predicted molar refractivity (Wildman–Crippen MR) is 103 cm³/mol. The van der Waals surface area contributed by atoms with Crippen molar-refractivity contribution < 1.29 is 0 Å². The lowest BCUT2D eigenvalue weighted by atomic mass is 9.71. The molecule has 0 heterocycles. The Hall–Kier alpha value is 0.217. The molecule has 4 aliphatic carbocycles. The molecule has 4 rings (SSSR count). The molecule has 6 unspecified atom stereocenters. The van der Waals surface area contributed by atoms with E-state index in [2.05, 4.69) is 54.6 Å². The van der Waals surface area contributed by atoms with Gasteiger partial charge in [-0.05, 0) is 83.1 Å². The fourth-order valence-corrected chi connectivity index (χ4v) is 14.2. The Morgan fingerprint density at radius 2 is 1.00 bits per heavy atom. The van der Waals surface area contributed by atoms with Crippen LogP contribution in [0, 0.1) is 33.5 Å². The molecule has 132 valence electrons. The highest BCUT2D eigenvalue weighted by atomic mass is 28.3. The van der Waals surface area contributed by atoms with Crippen LogP contribution in [0.2, 0.25) is 24.2 Å². The van der Waals surface area contributed by atoms with Crippen molar-refractivity contribution in [2.24, 2.45) is 33.5 Å². The molecule has 4 saturated carbocycles. The van der Waals surface area contributed by atoms with Gasteiger partial charge in [0.15, 0.2) is 0 Å². The third-order valence-corrected chi connectivity index (χ3v) is 16.2. The van der Waals surface area contributed by atoms with Crippen molar-refractivity contribution in [3.05, 3.63) is 0 Å². The van der Waals surface area contributed by atoms with E-state index in [-0.39, 0.29) is 0 Å². The molecule has 23 heavy (non-hydrogen) atoms. The van der Waals surface area contributed by atoms with E-state index in [0.717, 1.165) is 22.9 Å². The standard InChI is InChI=1S/C22H40Si/c1-19(2)15-9-11-21(19,5)13-17(15)23(7,8)18-14-22(6)12-10-16(18)20(22,3)4/h15-18H,9-14H2,1-8H3. The lowest BCUT2D eigenvalue weighted by Gasteiger charge is -2.45. The molecule has 0 amide bonds. The highest BCUT2D eigenvalue weighted by Crippen LogP contribution is 2.77. The lowest BCUT2D eigenvalue weighted by molar-refractivity contribution is 0.152.